The van der Waals surface area contributed by atoms with Crippen molar-refractivity contribution in [2.75, 3.05) is 13.6 Å². The first-order valence-electron chi connectivity index (χ1n) is 7.67. The SMILES string of the molecule is CC.CC.CC.CNCC(=O)c1c[nH]c2ccc(Cl)cc12. The molecule has 0 aliphatic carbocycles. The van der Waals surface area contributed by atoms with Gasteiger partial charge in [-0.3, -0.25) is 4.79 Å². The number of Topliss-reactive ketones (excluding diaryl/α,β-unsaturated/α-hetero) is 1. The van der Waals surface area contributed by atoms with Crippen LogP contribution in [-0.4, -0.2) is 24.4 Å². The van der Waals surface area contributed by atoms with Crippen molar-refractivity contribution < 1.29 is 4.79 Å². The number of benzene rings is 1. The largest absolute Gasteiger partial charge is 0.360 e. The van der Waals surface area contributed by atoms with Gasteiger partial charge in [0.15, 0.2) is 5.78 Å². The fourth-order valence-electron chi connectivity index (χ4n) is 1.58. The van der Waals surface area contributed by atoms with Gasteiger partial charge in [-0.2, -0.15) is 0 Å². The Morgan fingerprint density at radius 1 is 1.14 bits per heavy atom. The quantitative estimate of drug-likeness (QED) is 0.755. The minimum absolute atomic E-state index is 0.0611. The Morgan fingerprint density at radius 2 is 1.71 bits per heavy atom. The fourth-order valence-corrected chi connectivity index (χ4v) is 1.75. The second-order valence-corrected chi connectivity index (χ2v) is 3.78. The van der Waals surface area contributed by atoms with Crippen LogP contribution in [0.3, 0.4) is 0 Å². The molecule has 0 saturated heterocycles. The first-order valence-corrected chi connectivity index (χ1v) is 8.04. The zero-order valence-electron chi connectivity index (χ0n) is 14.3. The van der Waals surface area contributed by atoms with Gasteiger partial charge >= 0.3 is 0 Å². The summed E-state index contributed by atoms with van der Waals surface area (Å²) in [6.07, 6.45) is 1.72. The number of rotatable bonds is 3. The number of ketones is 1. The maximum absolute atomic E-state index is 11.7. The number of likely N-dealkylation sites (N-methyl/N-ethyl adjacent to an activating group) is 1. The molecule has 120 valence electrons. The molecule has 3 nitrogen and oxygen atoms in total. The third-order valence-corrected chi connectivity index (χ3v) is 2.52. The van der Waals surface area contributed by atoms with Crippen LogP contribution in [0, 0.1) is 0 Å². The zero-order chi connectivity index (χ0) is 16.8. The molecule has 0 radical (unpaired) electrons. The molecule has 4 heteroatoms. The number of halogens is 1. The summed E-state index contributed by atoms with van der Waals surface area (Å²) in [7, 11) is 1.75. The van der Waals surface area contributed by atoms with Crippen LogP contribution in [0.25, 0.3) is 10.9 Å². The number of hydrogen-bond acceptors (Lipinski definition) is 2. The van der Waals surface area contributed by atoms with E-state index < -0.39 is 0 Å². The predicted octanol–water partition coefficient (Wildman–Crippen LogP) is 5.30. The molecule has 0 spiro atoms. The molecule has 2 N–H and O–H groups in total. The second-order valence-electron chi connectivity index (χ2n) is 3.35. The molecule has 0 amide bonds. The van der Waals surface area contributed by atoms with E-state index in [0.717, 1.165) is 10.9 Å². The summed E-state index contributed by atoms with van der Waals surface area (Å²) in [6.45, 7) is 12.3. The summed E-state index contributed by atoms with van der Waals surface area (Å²) in [4.78, 5) is 14.8. The van der Waals surface area contributed by atoms with Crippen LogP contribution in [0.15, 0.2) is 24.4 Å². The van der Waals surface area contributed by atoms with Gasteiger partial charge in [-0.15, -0.1) is 0 Å². The summed E-state index contributed by atoms with van der Waals surface area (Å²) in [6, 6.07) is 5.47. The van der Waals surface area contributed by atoms with Gasteiger partial charge in [0.05, 0.1) is 6.54 Å². The highest BCUT2D eigenvalue weighted by Gasteiger charge is 2.10. The summed E-state index contributed by atoms with van der Waals surface area (Å²) in [5, 5.41) is 4.36. The highest BCUT2D eigenvalue weighted by Crippen LogP contribution is 2.22. The lowest BCUT2D eigenvalue weighted by Gasteiger charge is -1.98. The van der Waals surface area contributed by atoms with Crippen LogP contribution >= 0.6 is 11.6 Å². The maximum Gasteiger partial charge on any atom is 0.178 e. The number of carbonyl (C=O) groups excluding carboxylic acids is 1. The molecular formula is C17H29ClN2O. The molecule has 0 aliphatic heterocycles. The van der Waals surface area contributed by atoms with Crippen LogP contribution in [0.4, 0.5) is 0 Å². The van der Waals surface area contributed by atoms with E-state index in [0.29, 0.717) is 17.1 Å². The van der Waals surface area contributed by atoms with Gasteiger partial charge in [0.2, 0.25) is 0 Å². The summed E-state index contributed by atoms with van der Waals surface area (Å²) in [5.74, 6) is 0.0611. The van der Waals surface area contributed by atoms with Gasteiger partial charge in [0.1, 0.15) is 0 Å². The maximum atomic E-state index is 11.7. The van der Waals surface area contributed by atoms with Crippen molar-refractivity contribution in [3.63, 3.8) is 0 Å². The monoisotopic (exact) mass is 312 g/mol. The summed E-state index contributed by atoms with van der Waals surface area (Å²) < 4.78 is 0. The van der Waals surface area contributed by atoms with Crippen molar-refractivity contribution in [2.45, 2.75) is 41.5 Å². The molecule has 0 fully saturated rings. The highest BCUT2D eigenvalue weighted by molar-refractivity contribution is 6.31. The number of H-pyrrole nitrogens is 1. The first kappa shape index (κ1) is 22.0. The van der Waals surface area contributed by atoms with Gasteiger partial charge in [-0.25, -0.2) is 0 Å². The highest BCUT2D eigenvalue weighted by atomic mass is 35.5. The standard InChI is InChI=1S/C11H11ClN2O.3C2H6/c1-13-6-11(15)9-5-14-10-3-2-7(12)4-8(9)10;3*1-2/h2-5,13-14H,6H2,1H3;3*1-2H3. The van der Waals surface area contributed by atoms with Gasteiger partial charge in [-0.1, -0.05) is 53.1 Å². The molecule has 0 saturated carbocycles. The van der Waals surface area contributed by atoms with E-state index in [1.54, 1.807) is 25.4 Å². The summed E-state index contributed by atoms with van der Waals surface area (Å²) >= 11 is 5.89. The molecule has 1 aromatic carbocycles. The van der Waals surface area contributed by atoms with E-state index in [-0.39, 0.29) is 5.78 Å². The fraction of sp³-hybridized carbons (Fsp3) is 0.471. The molecule has 2 rings (SSSR count). The van der Waals surface area contributed by atoms with Crippen LogP contribution in [0.2, 0.25) is 5.02 Å². The molecule has 0 atom stereocenters. The number of aromatic amines is 1. The third kappa shape index (κ3) is 6.78. The first-order chi connectivity index (χ1) is 10.2. The Hall–Kier alpha value is -1.32. The summed E-state index contributed by atoms with van der Waals surface area (Å²) in [5.41, 5.74) is 1.61. The van der Waals surface area contributed by atoms with Gasteiger partial charge in [0, 0.05) is 27.7 Å². The molecule has 0 bridgehead atoms. The van der Waals surface area contributed by atoms with Crippen molar-refractivity contribution in [3.05, 3.63) is 35.0 Å². The van der Waals surface area contributed by atoms with Gasteiger partial charge in [-0.05, 0) is 25.2 Å². The van der Waals surface area contributed by atoms with Crippen molar-refractivity contribution in [1.29, 1.82) is 0 Å². The van der Waals surface area contributed by atoms with Crippen LogP contribution < -0.4 is 5.32 Å². The van der Waals surface area contributed by atoms with Gasteiger partial charge in [0.25, 0.3) is 0 Å². The van der Waals surface area contributed by atoms with Crippen molar-refractivity contribution in [3.8, 4) is 0 Å². The van der Waals surface area contributed by atoms with Crippen molar-refractivity contribution in [1.82, 2.24) is 10.3 Å². The second kappa shape index (κ2) is 13.7. The van der Waals surface area contributed by atoms with E-state index in [4.69, 9.17) is 11.6 Å². The minimum Gasteiger partial charge on any atom is -0.360 e. The third-order valence-electron chi connectivity index (χ3n) is 2.28. The normalized spacial score (nSPS) is 8.57. The number of fused-ring (bicyclic) bond motifs is 1. The Labute approximate surface area is 134 Å². The molecule has 0 aliphatic rings. The van der Waals surface area contributed by atoms with E-state index in [2.05, 4.69) is 10.3 Å². The van der Waals surface area contributed by atoms with E-state index in [1.165, 1.54) is 0 Å². The number of nitrogens with one attached hydrogen (secondary N) is 2. The Bertz CT molecular complexity index is 506. The van der Waals surface area contributed by atoms with Gasteiger partial charge < -0.3 is 10.3 Å². The average molecular weight is 313 g/mol. The molecule has 1 heterocycles. The molecule has 1 aromatic heterocycles. The molecule has 0 unspecified atom stereocenters. The molecule has 21 heavy (non-hydrogen) atoms. The predicted molar refractivity (Wildman–Crippen MR) is 95.6 cm³/mol. The minimum atomic E-state index is 0.0611. The van der Waals surface area contributed by atoms with Crippen molar-refractivity contribution >= 4 is 28.3 Å². The topological polar surface area (TPSA) is 44.9 Å². The zero-order valence-corrected chi connectivity index (χ0v) is 15.1. The van der Waals surface area contributed by atoms with E-state index in [9.17, 15) is 4.79 Å². The van der Waals surface area contributed by atoms with E-state index >= 15 is 0 Å². The smallest absolute Gasteiger partial charge is 0.178 e. The lowest BCUT2D eigenvalue weighted by molar-refractivity contribution is 0.0995. The molecular weight excluding hydrogens is 284 g/mol. The van der Waals surface area contributed by atoms with Crippen LogP contribution in [0.1, 0.15) is 51.9 Å². The Balaban J connectivity index is 0. The lowest BCUT2D eigenvalue weighted by atomic mass is 10.1. The van der Waals surface area contributed by atoms with Crippen LogP contribution in [-0.2, 0) is 0 Å². The Morgan fingerprint density at radius 3 is 2.24 bits per heavy atom. The molecule has 2 aromatic rings. The lowest BCUT2D eigenvalue weighted by Crippen LogP contribution is -2.18. The van der Waals surface area contributed by atoms with E-state index in [1.807, 2.05) is 47.6 Å². The average Bonchev–Trinajstić information content (AvgIpc) is 2.96. The Kier molecular flexibility index (Phi) is 14.3. The van der Waals surface area contributed by atoms with Crippen LogP contribution in [0.5, 0.6) is 0 Å². The number of aromatic nitrogens is 1. The number of carbonyl (C=O) groups is 1. The van der Waals surface area contributed by atoms with Crippen molar-refractivity contribution in [2.24, 2.45) is 0 Å². The number of hydrogen-bond donors (Lipinski definition) is 2.